The van der Waals surface area contributed by atoms with Crippen molar-refractivity contribution in [1.82, 2.24) is 5.43 Å². The van der Waals surface area contributed by atoms with Gasteiger partial charge in [0.05, 0.1) is 16.3 Å². The first-order valence-electron chi connectivity index (χ1n) is 10.8. The van der Waals surface area contributed by atoms with E-state index < -0.39 is 11.5 Å². The first-order chi connectivity index (χ1) is 17.0. The molecule has 7 heteroatoms. The number of amides is 1. The van der Waals surface area contributed by atoms with E-state index in [1.165, 1.54) is 6.21 Å². The predicted octanol–water partition coefficient (Wildman–Crippen LogP) is 5.96. The lowest BCUT2D eigenvalue weighted by Gasteiger charge is -2.27. The molecule has 0 spiro atoms. The fourth-order valence-corrected chi connectivity index (χ4v) is 4.17. The van der Waals surface area contributed by atoms with Gasteiger partial charge in [-0.1, -0.05) is 114 Å². The molecule has 35 heavy (non-hydrogen) atoms. The maximum absolute atomic E-state index is 13.1. The summed E-state index contributed by atoms with van der Waals surface area (Å²) in [5.74, 6) is -0.341. The van der Waals surface area contributed by atoms with E-state index in [1.54, 1.807) is 60.7 Å². The highest BCUT2D eigenvalue weighted by atomic mass is 35.5. The molecule has 0 saturated carbocycles. The number of hydrogen-bond donors (Lipinski definition) is 2. The Balaban J connectivity index is 1.50. The minimum absolute atomic E-state index is 0.311. The lowest BCUT2D eigenvalue weighted by atomic mass is 9.85. The smallest absolute Gasteiger partial charge is 0.281 e. The molecule has 2 N–H and O–H groups in total. The van der Waals surface area contributed by atoms with Crippen molar-refractivity contribution in [3.63, 3.8) is 0 Å². The zero-order valence-corrected chi connectivity index (χ0v) is 20.1. The Bertz CT molecular complexity index is 1250. The van der Waals surface area contributed by atoms with Gasteiger partial charge in [0.25, 0.3) is 5.91 Å². The standard InChI is InChI=1S/C28H22Cl2N2O3/c29-24-16-21(17-25(30)26(24)35-19-20-10-4-1-5-11-20)18-31-32-27(33)28(34,22-12-6-2-7-13-22)23-14-8-3-9-15-23/h1-18,34H,19H2,(H,32,33)/b31-18+. The van der Waals surface area contributed by atoms with Crippen LogP contribution >= 0.6 is 23.2 Å². The van der Waals surface area contributed by atoms with Gasteiger partial charge in [0, 0.05) is 0 Å². The summed E-state index contributed by atoms with van der Waals surface area (Å²) < 4.78 is 5.78. The van der Waals surface area contributed by atoms with Gasteiger partial charge in [-0.15, -0.1) is 0 Å². The second-order valence-corrected chi connectivity index (χ2v) is 8.54. The lowest BCUT2D eigenvalue weighted by molar-refractivity contribution is -0.136. The highest BCUT2D eigenvalue weighted by molar-refractivity contribution is 6.37. The zero-order chi connectivity index (χ0) is 24.7. The molecular weight excluding hydrogens is 483 g/mol. The third-order valence-corrected chi connectivity index (χ3v) is 5.90. The van der Waals surface area contributed by atoms with Crippen LogP contribution in [0.15, 0.2) is 108 Å². The zero-order valence-electron chi connectivity index (χ0n) is 18.6. The number of nitrogens with one attached hydrogen (secondary N) is 1. The number of carbonyl (C=O) groups excluding carboxylic acids is 1. The topological polar surface area (TPSA) is 70.9 Å². The first-order valence-corrected chi connectivity index (χ1v) is 11.6. The van der Waals surface area contributed by atoms with E-state index in [0.29, 0.717) is 39.1 Å². The average molecular weight is 505 g/mol. The molecule has 0 atom stereocenters. The normalized spacial score (nSPS) is 11.4. The molecule has 4 aromatic rings. The summed E-state index contributed by atoms with van der Waals surface area (Å²) in [5, 5.41) is 16.1. The van der Waals surface area contributed by atoms with E-state index in [0.717, 1.165) is 5.56 Å². The number of ether oxygens (including phenoxy) is 1. The van der Waals surface area contributed by atoms with Gasteiger partial charge in [0.15, 0.2) is 11.4 Å². The fraction of sp³-hybridized carbons (Fsp3) is 0.0714. The summed E-state index contributed by atoms with van der Waals surface area (Å²) in [6, 6.07) is 30.3. The molecule has 176 valence electrons. The summed E-state index contributed by atoms with van der Waals surface area (Å²) in [6.07, 6.45) is 1.40. The van der Waals surface area contributed by atoms with Crippen molar-refractivity contribution < 1.29 is 14.6 Å². The number of nitrogens with zero attached hydrogens (tertiary/aromatic N) is 1. The van der Waals surface area contributed by atoms with E-state index in [9.17, 15) is 9.90 Å². The monoisotopic (exact) mass is 504 g/mol. The average Bonchev–Trinajstić information content (AvgIpc) is 2.89. The second kappa shape index (κ2) is 11.2. The van der Waals surface area contributed by atoms with Crippen molar-refractivity contribution in [1.29, 1.82) is 0 Å². The Morgan fingerprint density at radius 1 is 0.857 bits per heavy atom. The van der Waals surface area contributed by atoms with Gasteiger partial charge in [0.2, 0.25) is 0 Å². The van der Waals surface area contributed by atoms with Crippen LogP contribution in [0.3, 0.4) is 0 Å². The van der Waals surface area contributed by atoms with Gasteiger partial charge in [0.1, 0.15) is 6.61 Å². The number of rotatable bonds is 8. The Morgan fingerprint density at radius 3 is 1.86 bits per heavy atom. The van der Waals surface area contributed by atoms with Gasteiger partial charge in [-0.2, -0.15) is 5.10 Å². The SMILES string of the molecule is O=C(N/N=C/c1cc(Cl)c(OCc2ccccc2)c(Cl)c1)C(O)(c1ccccc1)c1ccccc1. The van der Waals surface area contributed by atoms with Crippen LogP contribution in [0.5, 0.6) is 5.75 Å². The Morgan fingerprint density at radius 2 is 1.34 bits per heavy atom. The molecule has 5 nitrogen and oxygen atoms in total. The van der Waals surface area contributed by atoms with Crippen molar-refractivity contribution in [3.05, 3.63) is 135 Å². The third kappa shape index (κ3) is 5.72. The third-order valence-electron chi connectivity index (χ3n) is 5.34. The van der Waals surface area contributed by atoms with E-state index >= 15 is 0 Å². The van der Waals surface area contributed by atoms with Gasteiger partial charge < -0.3 is 9.84 Å². The van der Waals surface area contributed by atoms with Crippen molar-refractivity contribution in [2.45, 2.75) is 12.2 Å². The molecule has 0 saturated heterocycles. The summed E-state index contributed by atoms with van der Waals surface area (Å²) >= 11 is 12.8. The minimum Gasteiger partial charge on any atom is -0.486 e. The molecule has 4 aromatic carbocycles. The maximum Gasteiger partial charge on any atom is 0.281 e. The molecule has 0 unspecified atom stereocenters. The van der Waals surface area contributed by atoms with Crippen molar-refractivity contribution >= 4 is 35.3 Å². The number of carbonyl (C=O) groups is 1. The van der Waals surface area contributed by atoms with Crippen LogP contribution in [-0.2, 0) is 17.0 Å². The van der Waals surface area contributed by atoms with Gasteiger partial charge >= 0.3 is 0 Å². The van der Waals surface area contributed by atoms with E-state index in [1.807, 2.05) is 42.5 Å². The quantitative estimate of drug-likeness (QED) is 0.229. The van der Waals surface area contributed by atoms with Crippen molar-refractivity contribution in [3.8, 4) is 5.75 Å². The van der Waals surface area contributed by atoms with E-state index in [-0.39, 0.29) is 0 Å². The highest BCUT2D eigenvalue weighted by Crippen LogP contribution is 2.34. The van der Waals surface area contributed by atoms with Crippen LogP contribution in [0.1, 0.15) is 22.3 Å². The Labute approximate surface area is 213 Å². The lowest BCUT2D eigenvalue weighted by Crippen LogP contribution is -2.43. The summed E-state index contributed by atoms with van der Waals surface area (Å²) in [6.45, 7) is 0.321. The molecule has 1 amide bonds. The van der Waals surface area contributed by atoms with Gasteiger partial charge in [-0.3, -0.25) is 4.79 Å². The molecule has 0 bridgehead atoms. The summed E-state index contributed by atoms with van der Waals surface area (Å²) in [5.41, 5.74) is 2.88. The summed E-state index contributed by atoms with van der Waals surface area (Å²) in [4.78, 5) is 13.1. The largest absolute Gasteiger partial charge is 0.486 e. The molecule has 0 fully saturated rings. The molecule has 0 radical (unpaired) electrons. The van der Waals surface area contributed by atoms with E-state index in [2.05, 4.69) is 10.5 Å². The molecule has 0 aliphatic carbocycles. The molecule has 0 aromatic heterocycles. The molecule has 0 aliphatic heterocycles. The summed E-state index contributed by atoms with van der Waals surface area (Å²) in [7, 11) is 0. The second-order valence-electron chi connectivity index (χ2n) is 7.73. The van der Waals surface area contributed by atoms with Crippen LogP contribution in [0, 0.1) is 0 Å². The maximum atomic E-state index is 13.1. The van der Waals surface area contributed by atoms with Crippen molar-refractivity contribution in [2.75, 3.05) is 0 Å². The van der Waals surface area contributed by atoms with Crippen LogP contribution < -0.4 is 10.2 Å². The fourth-order valence-electron chi connectivity index (χ4n) is 3.56. The number of aliphatic hydroxyl groups is 1. The number of benzene rings is 4. The van der Waals surface area contributed by atoms with Crippen LogP contribution in [0.2, 0.25) is 10.0 Å². The van der Waals surface area contributed by atoms with Crippen LogP contribution in [-0.4, -0.2) is 17.2 Å². The highest BCUT2D eigenvalue weighted by Gasteiger charge is 2.39. The molecule has 4 rings (SSSR count). The minimum atomic E-state index is -1.93. The number of halogens is 2. The van der Waals surface area contributed by atoms with Crippen LogP contribution in [0.25, 0.3) is 0 Å². The predicted molar refractivity (Wildman–Crippen MR) is 139 cm³/mol. The number of hydrogen-bond acceptors (Lipinski definition) is 4. The number of hydrazone groups is 1. The Hall–Kier alpha value is -3.64. The van der Waals surface area contributed by atoms with E-state index in [4.69, 9.17) is 27.9 Å². The Kier molecular flexibility index (Phi) is 7.83. The van der Waals surface area contributed by atoms with Gasteiger partial charge in [-0.25, -0.2) is 5.43 Å². The molecular formula is C28H22Cl2N2O3. The first kappa shape index (κ1) is 24.5. The molecule has 0 heterocycles. The van der Waals surface area contributed by atoms with Crippen LogP contribution in [0.4, 0.5) is 0 Å². The molecule has 0 aliphatic rings. The van der Waals surface area contributed by atoms with Crippen molar-refractivity contribution in [2.24, 2.45) is 5.10 Å². The van der Waals surface area contributed by atoms with Gasteiger partial charge in [-0.05, 0) is 34.4 Å².